The molecule has 0 radical (unpaired) electrons. The lowest BCUT2D eigenvalue weighted by Gasteiger charge is -2.29. The van der Waals surface area contributed by atoms with E-state index in [0.29, 0.717) is 19.6 Å². The standard InChI is InChI=1S/C23H26N2O3/c26-22-15-19(23(27)24-13-5-2-6-14-24)16-25(22)20-9-11-21(12-10-20)28-17-18-7-3-1-4-8-18/h1,3-4,7-12,19H,2,5-6,13-17H2. The molecular weight excluding hydrogens is 352 g/mol. The number of amides is 2. The van der Waals surface area contributed by atoms with Gasteiger partial charge in [-0.3, -0.25) is 9.59 Å². The fraction of sp³-hybridized carbons (Fsp3) is 0.391. The fourth-order valence-corrected chi connectivity index (χ4v) is 3.96. The van der Waals surface area contributed by atoms with E-state index in [2.05, 4.69) is 0 Å². The highest BCUT2D eigenvalue weighted by molar-refractivity contribution is 6.00. The predicted octanol–water partition coefficient (Wildman–Crippen LogP) is 3.63. The molecule has 2 fully saturated rings. The Kier molecular flexibility index (Phi) is 5.60. The Morgan fingerprint density at radius 1 is 0.964 bits per heavy atom. The summed E-state index contributed by atoms with van der Waals surface area (Å²) in [7, 11) is 0. The smallest absolute Gasteiger partial charge is 0.228 e. The number of carbonyl (C=O) groups is 2. The Balaban J connectivity index is 1.36. The van der Waals surface area contributed by atoms with E-state index in [-0.39, 0.29) is 17.7 Å². The molecule has 0 saturated carbocycles. The minimum atomic E-state index is -0.223. The normalized spacial score (nSPS) is 19.7. The van der Waals surface area contributed by atoms with Crippen molar-refractivity contribution in [1.82, 2.24) is 4.90 Å². The third-order valence-electron chi connectivity index (χ3n) is 5.54. The minimum Gasteiger partial charge on any atom is -0.489 e. The summed E-state index contributed by atoms with van der Waals surface area (Å²) in [6.07, 6.45) is 3.64. The van der Waals surface area contributed by atoms with Crippen molar-refractivity contribution < 1.29 is 14.3 Å². The van der Waals surface area contributed by atoms with Crippen molar-refractivity contribution in [1.29, 1.82) is 0 Å². The quantitative estimate of drug-likeness (QED) is 0.798. The largest absolute Gasteiger partial charge is 0.489 e. The molecule has 2 aromatic carbocycles. The second kappa shape index (κ2) is 8.46. The molecule has 146 valence electrons. The summed E-state index contributed by atoms with van der Waals surface area (Å²) in [5.41, 5.74) is 1.94. The fourth-order valence-electron chi connectivity index (χ4n) is 3.96. The summed E-state index contributed by atoms with van der Waals surface area (Å²) in [6, 6.07) is 17.6. The van der Waals surface area contributed by atoms with Crippen LogP contribution in [0.3, 0.4) is 0 Å². The average Bonchev–Trinajstić information content (AvgIpc) is 3.15. The molecule has 2 amide bonds. The number of piperidine rings is 1. The van der Waals surface area contributed by atoms with Gasteiger partial charge in [0.05, 0.1) is 5.92 Å². The molecular formula is C23H26N2O3. The average molecular weight is 378 g/mol. The number of benzene rings is 2. The molecule has 1 atom stereocenters. The number of hydrogen-bond donors (Lipinski definition) is 0. The van der Waals surface area contributed by atoms with E-state index in [1.807, 2.05) is 59.5 Å². The van der Waals surface area contributed by atoms with E-state index >= 15 is 0 Å². The molecule has 0 N–H and O–H groups in total. The van der Waals surface area contributed by atoms with Crippen molar-refractivity contribution in [2.45, 2.75) is 32.3 Å². The monoisotopic (exact) mass is 378 g/mol. The first-order valence-electron chi connectivity index (χ1n) is 10.1. The van der Waals surface area contributed by atoms with E-state index in [9.17, 15) is 9.59 Å². The van der Waals surface area contributed by atoms with Gasteiger partial charge in [-0.15, -0.1) is 0 Å². The van der Waals surface area contributed by atoms with E-state index in [4.69, 9.17) is 4.74 Å². The Hall–Kier alpha value is -2.82. The number of nitrogens with zero attached hydrogens (tertiary/aromatic N) is 2. The molecule has 0 bridgehead atoms. The summed E-state index contributed by atoms with van der Waals surface area (Å²) < 4.78 is 5.81. The van der Waals surface area contributed by atoms with Crippen LogP contribution in [0.15, 0.2) is 54.6 Å². The van der Waals surface area contributed by atoms with E-state index < -0.39 is 0 Å². The highest BCUT2D eigenvalue weighted by Gasteiger charge is 2.37. The van der Waals surface area contributed by atoms with Crippen LogP contribution in [-0.2, 0) is 16.2 Å². The third kappa shape index (κ3) is 4.19. The maximum Gasteiger partial charge on any atom is 0.228 e. The summed E-state index contributed by atoms with van der Waals surface area (Å²) >= 11 is 0. The van der Waals surface area contributed by atoms with E-state index in [0.717, 1.165) is 42.9 Å². The Morgan fingerprint density at radius 2 is 1.68 bits per heavy atom. The molecule has 5 heteroatoms. The van der Waals surface area contributed by atoms with Gasteiger partial charge in [-0.05, 0) is 49.1 Å². The maximum absolute atomic E-state index is 12.7. The van der Waals surface area contributed by atoms with Crippen LogP contribution in [0.5, 0.6) is 5.75 Å². The highest BCUT2D eigenvalue weighted by atomic mass is 16.5. The van der Waals surface area contributed by atoms with Crippen molar-refractivity contribution >= 4 is 17.5 Å². The van der Waals surface area contributed by atoms with Crippen LogP contribution in [0.4, 0.5) is 5.69 Å². The Bertz CT molecular complexity index is 814. The Morgan fingerprint density at radius 3 is 2.39 bits per heavy atom. The van der Waals surface area contributed by atoms with Gasteiger partial charge in [-0.2, -0.15) is 0 Å². The number of hydrogen-bond acceptors (Lipinski definition) is 3. The molecule has 0 aliphatic carbocycles. The second-order valence-corrected chi connectivity index (χ2v) is 7.56. The van der Waals surface area contributed by atoms with Gasteiger partial charge in [-0.25, -0.2) is 0 Å². The first-order valence-corrected chi connectivity index (χ1v) is 10.1. The maximum atomic E-state index is 12.7. The van der Waals surface area contributed by atoms with Crippen LogP contribution < -0.4 is 9.64 Å². The SMILES string of the molecule is O=C(C1CC(=O)N(c2ccc(OCc3ccccc3)cc2)C1)N1CCCCC1. The molecule has 2 aromatic rings. The van der Waals surface area contributed by atoms with Crippen LogP contribution in [0.1, 0.15) is 31.2 Å². The molecule has 2 aliphatic rings. The predicted molar refractivity (Wildman–Crippen MR) is 108 cm³/mol. The first kappa shape index (κ1) is 18.5. The second-order valence-electron chi connectivity index (χ2n) is 7.56. The summed E-state index contributed by atoms with van der Waals surface area (Å²) in [4.78, 5) is 28.9. The van der Waals surface area contributed by atoms with Crippen molar-refractivity contribution in [3.8, 4) is 5.75 Å². The minimum absolute atomic E-state index is 0.0216. The van der Waals surface area contributed by atoms with Gasteiger partial charge in [0.1, 0.15) is 12.4 Å². The van der Waals surface area contributed by atoms with Crippen molar-refractivity contribution in [2.24, 2.45) is 5.92 Å². The number of ether oxygens (including phenoxy) is 1. The molecule has 2 saturated heterocycles. The lowest BCUT2D eigenvalue weighted by atomic mass is 10.0. The van der Waals surface area contributed by atoms with Crippen molar-refractivity contribution in [3.05, 3.63) is 60.2 Å². The molecule has 28 heavy (non-hydrogen) atoms. The topological polar surface area (TPSA) is 49.9 Å². The number of anilines is 1. The lowest BCUT2D eigenvalue weighted by molar-refractivity contribution is -0.136. The molecule has 2 heterocycles. The van der Waals surface area contributed by atoms with Gasteiger partial charge in [0, 0.05) is 31.7 Å². The highest BCUT2D eigenvalue weighted by Crippen LogP contribution is 2.28. The molecule has 0 aromatic heterocycles. The summed E-state index contributed by atoms with van der Waals surface area (Å²) in [6.45, 7) is 2.64. The van der Waals surface area contributed by atoms with Crippen molar-refractivity contribution in [2.75, 3.05) is 24.5 Å². The van der Waals surface area contributed by atoms with Gasteiger partial charge >= 0.3 is 0 Å². The summed E-state index contributed by atoms with van der Waals surface area (Å²) in [5.74, 6) is 0.700. The zero-order valence-electron chi connectivity index (χ0n) is 16.0. The lowest BCUT2D eigenvalue weighted by Crippen LogP contribution is -2.40. The molecule has 2 aliphatic heterocycles. The van der Waals surface area contributed by atoms with Crippen LogP contribution >= 0.6 is 0 Å². The van der Waals surface area contributed by atoms with Gasteiger partial charge < -0.3 is 14.5 Å². The summed E-state index contributed by atoms with van der Waals surface area (Å²) in [5, 5.41) is 0. The van der Waals surface area contributed by atoms with Crippen LogP contribution in [-0.4, -0.2) is 36.3 Å². The third-order valence-corrected chi connectivity index (χ3v) is 5.54. The van der Waals surface area contributed by atoms with Crippen LogP contribution in [0, 0.1) is 5.92 Å². The van der Waals surface area contributed by atoms with Crippen LogP contribution in [0.25, 0.3) is 0 Å². The van der Waals surface area contributed by atoms with Gasteiger partial charge in [0.2, 0.25) is 11.8 Å². The van der Waals surface area contributed by atoms with Crippen LogP contribution in [0.2, 0.25) is 0 Å². The van der Waals surface area contributed by atoms with E-state index in [1.54, 1.807) is 4.90 Å². The molecule has 5 nitrogen and oxygen atoms in total. The zero-order chi connectivity index (χ0) is 19.3. The van der Waals surface area contributed by atoms with Gasteiger partial charge in [0.15, 0.2) is 0 Å². The van der Waals surface area contributed by atoms with Gasteiger partial charge in [-0.1, -0.05) is 30.3 Å². The van der Waals surface area contributed by atoms with Crippen molar-refractivity contribution in [3.63, 3.8) is 0 Å². The number of rotatable bonds is 5. The van der Waals surface area contributed by atoms with Gasteiger partial charge in [0.25, 0.3) is 0 Å². The van der Waals surface area contributed by atoms with E-state index in [1.165, 1.54) is 6.42 Å². The first-order chi connectivity index (χ1) is 13.7. The zero-order valence-corrected chi connectivity index (χ0v) is 16.0. The molecule has 4 rings (SSSR count). The molecule has 1 unspecified atom stereocenters. The molecule has 0 spiro atoms. The number of carbonyl (C=O) groups excluding carboxylic acids is 2. The number of likely N-dealkylation sites (tertiary alicyclic amines) is 1. The Labute approximate surface area is 165 Å².